The molecule has 0 spiro atoms. The average Bonchev–Trinajstić information content (AvgIpc) is 3.35. The predicted octanol–water partition coefficient (Wildman–Crippen LogP) is 4.81. The van der Waals surface area contributed by atoms with Crippen molar-refractivity contribution in [2.45, 2.75) is 6.18 Å². The molecule has 0 saturated heterocycles. The first-order valence-corrected chi connectivity index (χ1v) is 9.36. The second-order valence-corrected chi connectivity index (χ2v) is 7.02. The minimum Gasteiger partial charge on any atom is -0.329 e. The SMILES string of the molecule is O=C(NCC(F)(F)F)Nc1cccc(-c2cnc3cc(-c4nccs4)ccn23)c1. The summed E-state index contributed by atoms with van der Waals surface area (Å²) in [5.41, 5.74) is 3.60. The van der Waals surface area contributed by atoms with Gasteiger partial charge in [0.2, 0.25) is 0 Å². The van der Waals surface area contributed by atoms with Crippen LogP contribution in [0.4, 0.5) is 23.7 Å². The van der Waals surface area contributed by atoms with Crippen LogP contribution >= 0.6 is 11.3 Å². The van der Waals surface area contributed by atoms with E-state index in [2.05, 4.69) is 15.3 Å². The Morgan fingerprint density at radius 1 is 1.14 bits per heavy atom. The number of hydrogen-bond acceptors (Lipinski definition) is 4. The van der Waals surface area contributed by atoms with E-state index in [1.807, 2.05) is 34.2 Å². The molecule has 3 aromatic heterocycles. The van der Waals surface area contributed by atoms with Gasteiger partial charge in [-0.1, -0.05) is 12.1 Å². The number of hydrogen-bond donors (Lipinski definition) is 2. The molecule has 1 aromatic carbocycles. The Labute approximate surface area is 167 Å². The zero-order chi connectivity index (χ0) is 20.4. The van der Waals surface area contributed by atoms with Crippen molar-refractivity contribution in [3.05, 3.63) is 60.4 Å². The molecule has 0 aliphatic rings. The van der Waals surface area contributed by atoms with Crippen molar-refractivity contribution in [3.8, 4) is 21.8 Å². The molecule has 0 fully saturated rings. The Bertz CT molecular complexity index is 1150. The molecule has 4 rings (SSSR count). The Balaban J connectivity index is 1.56. The Hall–Kier alpha value is -3.40. The van der Waals surface area contributed by atoms with Gasteiger partial charge in [-0.15, -0.1) is 11.3 Å². The number of aromatic nitrogens is 3. The maximum Gasteiger partial charge on any atom is 0.405 e. The number of anilines is 1. The molecular formula is C19H14F3N5OS. The molecule has 6 nitrogen and oxygen atoms in total. The number of nitrogens with zero attached hydrogens (tertiary/aromatic N) is 3. The molecule has 2 amide bonds. The minimum absolute atomic E-state index is 0.372. The van der Waals surface area contributed by atoms with Gasteiger partial charge in [0, 0.05) is 34.6 Å². The van der Waals surface area contributed by atoms with Gasteiger partial charge in [-0.2, -0.15) is 13.2 Å². The number of pyridine rings is 1. The van der Waals surface area contributed by atoms with E-state index in [0.717, 1.165) is 27.5 Å². The fraction of sp³-hybridized carbons (Fsp3) is 0.105. The van der Waals surface area contributed by atoms with Gasteiger partial charge in [0.05, 0.1) is 11.9 Å². The Morgan fingerprint density at radius 2 is 2.00 bits per heavy atom. The molecular weight excluding hydrogens is 403 g/mol. The molecule has 29 heavy (non-hydrogen) atoms. The van der Waals surface area contributed by atoms with E-state index < -0.39 is 18.8 Å². The lowest BCUT2D eigenvalue weighted by Gasteiger charge is -2.10. The summed E-state index contributed by atoms with van der Waals surface area (Å²) in [5, 5.41) is 6.98. The molecule has 0 atom stereocenters. The molecule has 10 heteroatoms. The predicted molar refractivity (Wildman–Crippen MR) is 105 cm³/mol. The van der Waals surface area contributed by atoms with E-state index >= 15 is 0 Å². The number of nitrogens with one attached hydrogen (secondary N) is 2. The summed E-state index contributed by atoms with van der Waals surface area (Å²) in [7, 11) is 0. The van der Waals surface area contributed by atoms with Crippen LogP contribution in [0.25, 0.3) is 27.5 Å². The van der Waals surface area contributed by atoms with Gasteiger partial charge < -0.3 is 10.6 Å². The van der Waals surface area contributed by atoms with Crippen molar-refractivity contribution in [2.24, 2.45) is 0 Å². The van der Waals surface area contributed by atoms with Gasteiger partial charge >= 0.3 is 12.2 Å². The van der Waals surface area contributed by atoms with E-state index in [1.54, 1.807) is 35.9 Å². The first-order chi connectivity index (χ1) is 13.9. The van der Waals surface area contributed by atoms with Crippen molar-refractivity contribution < 1.29 is 18.0 Å². The van der Waals surface area contributed by atoms with Gasteiger partial charge in [0.15, 0.2) is 0 Å². The van der Waals surface area contributed by atoms with Gasteiger partial charge in [0.25, 0.3) is 0 Å². The minimum atomic E-state index is -4.47. The first kappa shape index (κ1) is 18.9. The number of halogens is 3. The topological polar surface area (TPSA) is 71.3 Å². The molecule has 3 heterocycles. The molecule has 0 unspecified atom stereocenters. The summed E-state index contributed by atoms with van der Waals surface area (Å²) in [6, 6.07) is 9.74. The highest BCUT2D eigenvalue weighted by molar-refractivity contribution is 7.13. The summed E-state index contributed by atoms with van der Waals surface area (Å²) in [5.74, 6) is 0. The maximum atomic E-state index is 12.2. The van der Waals surface area contributed by atoms with E-state index in [0.29, 0.717) is 5.69 Å². The molecule has 4 aromatic rings. The van der Waals surface area contributed by atoms with Crippen molar-refractivity contribution in [1.29, 1.82) is 0 Å². The molecule has 0 radical (unpaired) electrons. The molecule has 0 saturated carbocycles. The van der Waals surface area contributed by atoms with E-state index in [9.17, 15) is 18.0 Å². The second kappa shape index (κ2) is 7.55. The smallest absolute Gasteiger partial charge is 0.329 e. The van der Waals surface area contributed by atoms with Crippen LogP contribution in [0.3, 0.4) is 0 Å². The van der Waals surface area contributed by atoms with Gasteiger partial charge in [-0.25, -0.2) is 14.8 Å². The molecule has 2 N–H and O–H groups in total. The molecule has 148 valence electrons. The highest BCUT2D eigenvalue weighted by atomic mass is 32.1. The van der Waals surface area contributed by atoms with Crippen LogP contribution in [0, 0.1) is 0 Å². The second-order valence-electron chi connectivity index (χ2n) is 6.13. The summed E-state index contributed by atoms with van der Waals surface area (Å²) in [6.45, 7) is -1.40. The van der Waals surface area contributed by atoms with E-state index in [4.69, 9.17) is 0 Å². The quantitative estimate of drug-likeness (QED) is 0.501. The first-order valence-electron chi connectivity index (χ1n) is 8.48. The zero-order valence-corrected chi connectivity index (χ0v) is 15.6. The summed E-state index contributed by atoms with van der Waals surface area (Å²) < 4.78 is 38.5. The van der Waals surface area contributed by atoms with Crippen molar-refractivity contribution >= 4 is 28.7 Å². The molecule has 0 aliphatic heterocycles. The van der Waals surface area contributed by atoms with E-state index in [1.165, 1.54) is 11.3 Å². The van der Waals surface area contributed by atoms with Crippen LogP contribution in [0.1, 0.15) is 0 Å². The fourth-order valence-electron chi connectivity index (χ4n) is 2.81. The Kier molecular flexibility index (Phi) is 4.93. The van der Waals surface area contributed by atoms with Crippen LogP contribution in [0.5, 0.6) is 0 Å². The number of imidazole rings is 1. The number of alkyl halides is 3. The highest BCUT2D eigenvalue weighted by Crippen LogP contribution is 2.27. The van der Waals surface area contributed by atoms with Crippen LogP contribution in [0.15, 0.2) is 60.4 Å². The van der Waals surface area contributed by atoms with E-state index in [-0.39, 0.29) is 0 Å². The number of thiazole rings is 1. The lowest BCUT2D eigenvalue weighted by Crippen LogP contribution is -2.36. The number of urea groups is 1. The number of amides is 2. The normalized spacial score (nSPS) is 11.6. The van der Waals surface area contributed by atoms with Crippen molar-refractivity contribution in [3.63, 3.8) is 0 Å². The number of rotatable bonds is 4. The largest absolute Gasteiger partial charge is 0.405 e. The number of carbonyl (C=O) groups excluding carboxylic acids is 1. The average molecular weight is 417 g/mol. The van der Waals surface area contributed by atoms with Gasteiger partial charge in [-0.05, 0) is 24.3 Å². The highest BCUT2D eigenvalue weighted by Gasteiger charge is 2.27. The lowest BCUT2D eigenvalue weighted by molar-refractivity contribution is -0.122. The maximum absolute atomic E-state index is 12.2. The lowest BCUT2D eigenvalue weighted by atomic mass is 10.1. The number of carbonyl (C=O) groups is 1. The van der Waals surface area contributed by atoms with Crippen LogP contribution < -0.4 is 10.6 Å². The third-order valence-corrected chi connectivity index (χ3v) is 4.88. The van der Waals surface area contributed by atoms with Gasteiger partial charge in [0.1, 0.15) is 17.2 Å². The monoisotopic (exact) mass is 417 g/mol. The number of benzene rings is 1. The van der Waals surface area contributed by atoms with Gasteiger partial charge in [-0.3, -0.25) is 4.40 Å². The van der Waals surface area contributed by atoms with Crippen LogP contribution in [0.2, 0.25) is 0 Å². The summed E-state index contributed by atoms with van der Waals surface area (Å²) >= 11 is 1.54. The summed E-state index contributed by atoms with van der Waals surface area (Å²) in [6.07, 6.45) is 0.853. The number of fused-ring (bicyclic) bond motifs is 1. The third-order valence-electron chi connectivity index (χ3n) is 4.06. The Morgan fingerprint density at radius 3 is 2.76 bits per heavy atom. The van der Waals surface area contributed by atoms with Crippen molar-refractivity contribution in [1.82, 2.24) is 19.7 Å². The molecule has 0 aliphatic carbocycles. The zero-order valence-electron chi connectivity index (χ0n) is 14.8. The van der Waals surface area contributed by atoms with Crippen LogP contribution in [-0.4, -0.2) is 33.1 Å². The summed E-state index contributed by atoms with van der Waals surface area (Å²) in [4.78, 5) is 20.4. The fourth-order valence-corrected chi connectivity index (χ4v) is 3.44. The van der Waals surface area contributed by atoms with Crippen molar-refractivity contribution in [2.75, 3.05) is 11.9 Å². The third kappa shape index (κ3) is 4.37. The van der Waals surface area contributed by atoms with Crippen LogP contribution in [-0.2, 0) is 0 Å². The molecule has 0 bridgehead atoms. The standard InChI is InChI=1S/C19H14F3N5OS/c20-19(21,22)11-25-18(28)26-14-3-1-2-12(8-14)15-10-24-16-9-13(4-6-27(15)16)17-23-5-7-29-17/h1-10H,11H2,(H2,25,26,28).